The molecule has 0 saturated carbocycles. The molecule has 1 aromatic heterocycles. The molecule has 0 bridgehead atoms. The fourth-order valence-electron chi connectivity index (χ4n) is 1.99. The zero-order valence-corrected chi connectivity index (χ0v) is 9.88. The van der Waals surface area contributed by atoms with Crippen LogP contribution in [0.5, 0.6) is 0 Å². The molecule has 0 fully saturated rings. The maximum atomic E-state index is 11.9. The van der Waals surface area contributed by atoms with Crippen molar-refractivity contribution in [2.45, 2.75) is 26.9 Å². The number of hydrogen-bond donors (Lipinski definition) is 1. The van der Waals surface area contributed by atoms with Crippen LogP contribution in [0.4, 0.5) is 0 Å². The molecule has 0 saturated heterocycles. The Balaban J connectivity index is 2.25. The van der Waals surface area contributed by atoms with Crippen LogP contribution in [0.2, 0.25) is 0 Å². The molecule has 2 heterocycles. The van der Waals surface area contributed by atoms with E-state index in [1.165, 1.54) is 6.33 Å². The maximum Gasteiger partial charge on any atom is 0.356 e. The normalized spacial score (nSPS) is 14.9. The van der Waals surface area contributed by atoms with Crippen molar-refractivity contribution in [3.05, 3.63) is 17.7 Å². The molecule has 17 heavy (non-hydrogen) atoms. The van der Waals surface area contributed by atoms with Crippen molar-refractivity contribution in [1.29, 1.82) is 0 Å². The lowest BCUT2D eigenvalue weighted by molar-refractivity contribution is -0.135. The highest BCUT2D eigenvalue weighted by molar-refractivity contribution is 5.87. The van der Waals surface area contributed by atoms with E-state index in [1.807, 2.05) is 13.8 Å². The monoisotopic (exact) mass is 237 g/mol. The highest BCUT2D eigenvalue weighted by atomic mass is 16.4. The first kappa shape index (κ1) is 11.6. The lowest BCUT2D eigenvalue weighted by Crippen LogP contribution is -2.40. The number of imidazole rings is 1. The first-order valence-electron chi connectivity index (χ1n) is 5.56. The highest BCUT2D eigenvalue weighted by Crippen LogP contribution is 2.17. The number of aromatic carboxylic acids is 1. The lowest BCUT2D eigenvalue weighted by Gasteiger charge is -2.29. The number of carboxylic acid groups (broad SMARTS) is 1. The highest BCUT2D eigenvalue weighted by Gasteiger charge is 2.27. The van der Waals surface area contributed by atoms with E-state index in [2.05, 4.69) is 4.98 Å². The number of hydrogen-bond acceptors (Lipinski definition) is 3. The lowest BCUT2D eigenvalue weighted by atomic mass is 10.1. The fourth-order valence-corrected chi connectivity index (χ4v) is 1.99. The SMILES string of the molecule is CC(C)C(=O)N1CCn2cnc(C(=O)O)c2C1. The smallest absolute Gasteiger partial charge is 0.356 e. The Bertz CT molecular complexity index is 465. The van der Waals surface area contributed by atoms with Gasteiger partial charge in [0.15, 0.2) is 5.69 Å². The summed E-state index contributed by atoms with van der Waals surface area (Å²) < 4.78 is 1.80. The summed E-state index contributed by atoms with van der Waals surface area (Å²) in [6, 6.07) is 0. The average Bonchev–Trinajstić information content (AvgIpc) is 2.70. The van der Waals surface area contributed by atoms with Gasteiger partial charge in [0.05, 0.1) is 18.6 Å². The Kier molecular flexibility index (Phi) is 2.87. The Morgan fingerprint density at radius 1 is 1.41 bits per heavy atom. The van der Waals surface area contributed by atoms with Crippen molar-refractivity contribution in [3.63, 3.8) is 0 Å². The van der Waals surface area contributed by atoms with Crippen LogP contribution < -0.4 is 0 Å². The third kappa shape index (κ3) is 2.02. The second-order valence-electron chi connectivity index (χ2n) is 4.45. The fraction of sp³-hybridized carbons (Fsp3) is 0.545. The van der Waals surface area contributed by atoms with Crippen molar-refractivity contribution in [2.24, 2.45) is 5.92 Å². The molecule has 0 radical (unpaired) electrons. The molecule has 2 rings (SSSR count). The summed E-state index contributed by atoms with van der Waals surface area (Å²) in [4.78, 5) is 28.4. The summed E-state index contributed by atoms with van der Waals surface area (Å²) in [5, 5.41) is 8.98. The predicted octanol–water partition coefficient (Wildman–Crippen LogP) is 0.580. The zero-order chi connectivity index (χ0) is 12.6. The van der Waals surface area contributed by atoms with Crippen molar-refractivity contribution < 1.29 is 14.7 Å². The number of carboxylic acids is 1. The number of carbonyl (C=O) groups is 2. The van der Waals surface area contributed by atoms with Gasteiger partial charge in [0.2, 0.25) is 5.91 Å². The zero-order valence-electron chi connectivity index (χ0n) is 9.88. The molecular formula is C11H15N3O3. The Morgan fingerprint density at radius 3 is 2.71 bits per heavy atom. The molecule has 0 aromatic carbocycles. The van der Waals surface area contributed by atoms with Crippen molar-refractivity contribution in [1.82, 2.24) is 14.5 Å². The van der Waals surface area contributed by atoms with Crippen molar-refractivity contribution >= 4 is 11.9 Å². The minimum Gasteiger partial charge on any atom is -0.476 e. The van der Waals surface area contributed by atoms with E-state index in [4.69, 9.17) is 5.11 Å². The predicted molar refractivity (Wildman–Crippen MR) is 59.4 cm³/mol. The van der Waals surface area contributed by atoms with E-state index in [-0.39, 0.29) is 17.5 Å². The molecule has 0 spiro atoms. The molecule has 0 atom stereocenters. The summed E-state index contributed by atoms with van der Waals surface area (Å²) >= 11 is 0. The summed E-state index contributed by atoms with van der Waals surface area (Å²) in [6.45, 7) is 5.23. The van der Waals surface area contributed by atoms with E-state index in [9.17, 15) is 9.59 Å². The quantitative estimate of drug-likeness (QED) is 0.816. The van der Waals surface area contributed by atoms with Crippen LogP contribution in [0.1, 0.15) is 30.0 Å². The average molecular weight is 237 g/mol. The third-order valence-electron chi connectivity index (χ3n) is 2.91. The summed E-state index contributed by atoms with van der Waals surface area (Å²) in [5.74, 6) is -1.07. The van der Waals surface area contributed by atoms with Crippen LogP contribution in [-0.2, 0) is 17.9 Å². The molecule has 6 nitrogen and oxygen atoms in total. The molecule has 6 heteroatoms. The van der Waals surface area contributed by atoms with Gasteiger partial charge in [-0.1, -0.05) is 13.8 Å². The van der Waals surface area contributed by atoms with Gasteiger partial charge >= 0.3 is 5.97 Å². The largest absolute Gasteiger partial charge is 0.476 e. The number of nitrogens with zero attached hydrogens (tertiary/aromatic N) is 3. The van der Waals surface area contributed by atoms with Gasteiger partial charge in [0, 0.05) is 19.0 Å². The van der Waals surface area contributed by atoms with Crippen LogP contribution in [0, 0.1) is 5.92 Å². The molecule has 1 aliphatic rings. The molecule has 1 N–H and O–H groups in total. The van der Waals surface area contributed by atoms with Gasteiger partial charge < -0.3 is 14.6 Å². The van der Waals surface area contributed by atoms with Gasteiger partial charge in [0.25, 0.3) is 0 Å². The molecule has 1 aliphatic heterocycles. The number of aromatic nitrogens is 2. The second-order valence-corrected chi connectivity index (χ2v) is 4.45. The Labute approximate surface area is 98.9 Å². The van der Waals surface area contributed by atoms with Gasteiger partial charge in [-0.05, 0) is 0 Å². The summed E-state index contributed by atoms with van der Waals surface area (Å²) in [7, 11) is 0. The molecule has 0 aliphatic carbocycles. The number of carbonyl (C=O) groups excluding carboxylic acids is 1. The van der Waals surface area contributed by atoms with Gasteiger partial charge in [-0.25, -0.2) is 9.78 Å². The number of amides is 1. The molecule has 92 valence electrons. The van der Waals surface area contributed by atoms with E-state index >= 15 is 0 Å². The minimum absolute atomic E-state index is 0.0475. The van der Waals surface area contributed by atoms with E-state index in [0.29, 0.717) is 25.3 Å². The van der Waals surface area contributed by atoms with E-state index in [0.717, 1.165) is 0 Å². The standard InChI is InChI=1S/C11H15N3O3/c1-7(2)10(15)13-3-4-14-6-12-9(11(16)17)8(14)5-13/h6-7H,3-5H2,1-2H3,(H,16,17). The van der Waals surface area contributed by atoms with Crippen molar-refractivity contribution in [3.8, 4) is 0 Å². The second kappa shape index (κ2) is 4.20. The van der Waals surface area contributed by atoms with Gasteiger partial charge in [-0.15, -0.1) is 0 Å². The maximum absolute atomic E-state index is 11.9. The van der Waals surface area contributed by atoms with E-state index < -0.39 is 5.97 Å². The first-order chi connectivity index (χ1) is 8.00. The van der Waals surface area contributed by atoms with Gasteiger partial charge in [-0.3, -0.25) is 4.79 Å². The molecular weight excluding hydrogens is 222 g/mol. The van der Waals surface area contributed by atoms with E-state index in [1.54, 1.807) is 9.47 Å². The Hall–Kier alpha value is -1.85. The molecule has 1 amide bonds. The number of fused-ring (bicyclic) bond motifs is 1. The number of rotatable bonds is 2. The first-order valence-corrected chi connectivity index (χ1v) is 5.56. The van der Waals surface area contributed by atoms with Crippen molar-refractivity contribution in [2.75, 3.05) is 6.54 Å². The van der Waals surface area contributed by atoms with Crippen LogP contribution in [-0.4, -0.2) is 38.0 Å². The van der Waals surface area contributed by atoms with Crippen LogP contribution in [0.25, 0.3) is 0 Å². The third-order valence-corrected chi connectivity index (χ3v) is 2.91. The summed E-state index contributed by atoms with van der Waals surface area (Å²) in [6.07, 6.45) is 1.52. The van der Waals surface area contributed by atoms with Crippen LogP contribution in [0.15, 0.2) is 6.33 Å². The van der Waals surface area contributed by atoms with Crippen LogP contribution in [0.3, 0.4) is 0 Å². The molecule has 0 unspecified atom stereocenters. The van der Waals surface area contributed by atoms with Gasteiger partial charge in [-0.2, -0.15) is 0 Å². The van der Waals surface area contributed by atoms with Crippen LogP contribution >= 0.6 is 0 Å². The topological polar surface area (TPSA) is 75.4 Å². The van der Waals surface area contributed by atoms with Gasteiger partial charge in [0.1, 0.15) is 0 Å². The molecule has 1 aromatic rings. The minimum atomic E-state index is -1.04. The Morgan fingerprint density at radius 2 is 2.12 bits per heavy atom. The summed E-state index contributed by atoms with van der Waals surface area (Å²) in [5.41, 5.74) is 0.656.